The van der Waals surface area contributed by atoms with E-state index in [1.807, 2.05) is 42.5 Å². The summed E-state index contributed by atoms with van der Waals surface area (Å²) in [7, 11) is 1.66. The fraction of sp³-hybridized carbons (Fsp3) is 0.176. The first-order chi connectivity index (χ1) is 10.5. The maximum atomic E-state index is 12.3. The normalized spacial score (nSPS) is 11.6. The number of halogens is 1. The zero-order chi connectivity index (χ0) is 16.1. The molecule has 0 unspecified atom stereocenters. The smallest absolute Gasteiger partial charge is 0.338 e. The number of rotatable bonds is 4. The number of carbonyl (C=O) groups is 2. The number of anilines is 1. The first kappa shape index (κ1) is 16.5. The Hall–Kier alpha value is -1.89. The van der Waals surface area contributed by atoms with Gasteiger partial charge in [-0.1, -0.05) is 18.2 Å². The standard InChI is InChI=1S/C17H16INO3/c1-12(16(20)19(2)15-6-4-3-5-7-15)22-17(21)13-8-10-14(18)11-9-13/h3-12H,1-2H3/t12-/m1/s1. The molecule has 1 atom stereocenters. The van der Waals surface area contributed by atoms with Gasteiger partial charge in [-0.25, -0.2) is 4.79 Å². The van der Waals surface area contributed by atoms with Gasteiger partial charge in [0.25, 0.3) is 5.91 Å². The zero-order valence-electron chi connectivity index (χ0n) is 12.3. The van der Waals surface area contributed by atoms with Crippen molar-refractivity contribution in [3.8, 4) is 0 Å². The maximum absolute atomic E-state index is 12.3. The first-order valence-corrected chi connectivity index (χ1v) is 7.86. The van der Waals surface area contributed by atoms with Crippen LogP contribution in [0.25, 0.3) is 0 Å². The highest BCUT2D eigenvalue weighted by Gasteiger charge is 2.22. The lowest BCUT2D eigenvalue weighted by Crippen LogP contribution is -2.37. The molecule has 2 rings (SSSR count). The summed E-state index contributed by atoms with van der Waals surface area (Å²) in [5, 5.41) is 0. The summed E-state index contributed by atoms with van der Waals surface area (Å²) in [5.41, 5.74) is 1.19. The molecule has 0 bridgehead atoms. The van der Waals surface area contributed by atoms with Crippen LogP contribution in [0.4, 0.5) is 5.69 Å². The zero-order valence-corrected chi connectivity index (χ0v) is 14.5. The fourth-order valence-corrected chi connectivity index (χ4v) is 2.28. The molecule has 0 aliphatic carbocycles. The largest absolute Gasteiger partial charge is 0.449 e. The van der Waals surface area contributed by atoms with E-state index < -0.39 is 12.1 Å². The third-order valence-corrected chi connectivity index (χ3v) is 3.90. The summed E-state index contributed by atoms with van der Waals surface area (Å²) >= 11 is 2.16. The molecule has 0 N–H and O–H groups in total. The van der Waals surface area contributed by atoms with Crippen molar-refractivity contribution in [3.05, 3.63) is 63.7 Å². The second kappa shape index (κ2) is 7.40. The van der Waals surface area contributed by atoms with Crippen molar-refractivity contribution < 1.29 is 14.3 Å². The summed E-state index contributed by atoms with van der Waals surface area (Å²) in [6.07, 6.45) is -0.850. The molecule has 0 heterocycles. The molecule has 0 aliphatic rings. The maximum Gasteiger partial charge on any atom is 0.338 e. The number of ether oxygens (including phenoxy) is 1. The van der Waals surface area contributed by atoms with Crippen LogP contribution in [-0.2, 0) is 9.53 Å². The molecule has 0 spiro atoms. The highest BCUT2D eigenvalue weighted by atomic mass is 127. The quantitative estimate of drug-likeness (QED) is 0.574. The van der Waals surface area contributed by atoms with E-state index in [1.165, 1.54) is 4.90 Å². The van der Waals surface area contributed by atoms with Gasteiger partial charge in [-0.2, -0.15) is 0 Å². The number of para-hydroxylation sites is 1. The number of amides is 1. The Morgan fingerprint density at radius 2 is 1.64 bits per heavy atom. The Bertz CT molecular complexity index is 655. The SMILES string of the molecule is C[C@@H](OC(=O)c1ccc(I)cc1)C(=O)N(C)c1ccccc1. The number of hydrogen-bond donors (Lipinski definition) is 0. The second-order valence-corrected chi connectivity index (χ2v) is 6.03. The molecule has 4 nitrogen and oxygen atoms in total. The molecule has 0 aromatic heterocycles. The van der Waals surface area contributed by atoms with Gasteiger partial charge in [-0.15, -0.1) is 0 Å². The lowest BCUT2D eigenvalue weighted by Gasteiger charge is -2.21. The van der Waals surface area contributed by atoms with Gasteiger partial charge in [-0.3, -0.25) is 4.79 Å². The van der Waals surface area contributed by atoms with Crippen LogP contribution in [0.2, 0.25) is 0 Å². The van der Waals surface area contributed by atoms with Crippen molar-refractivity contribution in [3.63, 3.8) is 0 Å². The summed E-state index contributed by atoms with van der Waals surface area (Å²) in [6, 6.07) is 16.2. The first-order valence-electron chi connectivity index (χ1n) is 6.78. The lowest BCUT2D eigenvalue weighted by molar-refractivity contribution is -0.126. The minimum absolute atomic E-state index is 0.273. The van der Waals surface area contributed by atoms with Crippen molar-refractivity contribution in [1.82, 2.24) is 0 Å². The second-order valence-electron chi connectivity index (χ2n) is 4.79. The highest BCUT2D eigenvalue weighted by molar-refractivity contribution is 14.1. The Morgan fingerprint density at radius 3 is 2.23 bits per heavy atom. The summed E-state index contributed by atoms with van der Waals surface area (Å²) in [6.45, 7) is 1.58. The Kier molecular flexibility index (Phi) is 5.54. The van der Waals surface area contributed by atoms with Crippen LogP contribution < -0.4 is 4.90 Å². The van der Waals surface area contributed by atoms with E-state index in [-0.39, 0.29) is 5.91 Å². The molecule has 0 saturated carbocycles. The average molecular weight is 409 g/mol. The topological polar surface area (TPSA) is 46.6 Å². The van der Waals surface area contributed by atoms with Gasteiger partial charge in [0, 0.05) is 16.3 Å². The van der Waals surface area contributed by atoms with Crippen LogP contribution in [0.1, 0.15) is 17.3 Å². The molecule has 22 heavy (non-hydrogen) atoms. The number of hydrogen-bond acceptors (Lipinski definition) is 3. The van der Waals surface area contributed by atoms with E-state index >= 15 is 0 Å². The van der Waals surface area contributed by atoms with Gasteiger partial charge in [0.2, 0.25) is 0 Å². The van der Waals surface area contributed by atoms with Crippen LogP contribution in [0.5, 0.6) is 0 Å². The molecular weight excluding hydrogens is 393 g/mol. The van der Waals surface area contributed by atoms with Gasteiger partial charge in [0.1, 0.15) is 0 Å². The van der Waals surface area contributed by atoms with E-state index in [0.29, 0.717) is 5.56 Å². The molecule has 2 aromatic carbocycles. The molecule has 2 aromatic rings. The number of esters is 1. The van der Waals surface area contributed by atoms with Gasteiger partial charge in [0.15, 0.2) is 6.10 Å². The molecule has 1 amide bonds. The van der Waals surface area contributed by atoms with E-state index in [4.69, 9.17) is 4.74 Å². The van der Waals surface area contributed by atoms with Crippen LogP contribution in [0, 0.1) is 3.57 Å². The Balaban J connectivity index is 2.02. The predicted octanol–water partition coefficient (Wildman–Crippen LogP) is 3.50. The third-order valence-electron chi connectivity index (χ3n) is 3.19. The van der Waals surface area contributed by atoms with E-state index in [1.54, 1.807) is 26.1 Å². The van der Waals surface area contributed by atoms with Crippen LogP contribution in [0.3, 0.4) is 0 Å². The van der Waals surface area contributed by atoms with Crippen LogP contribution in [0.15, 0.2) is 54.6 Å². The van der Waals surface area contributed by atoms with Gasteiger partial charge in [-0.05, 0) is 65.9 Å². The predicted molar refractivity (Wildman–Crippen MR) is 93.9 cm³/mol. The van der Waals surface area contributed by atoms with Gasteiger partial charge >= 0.3 is 5.97 Å². The van der Waals surface area contributed by atoms with Crippen molar-refractivity contribution in [1.29, 1.82) is 0 Å². The molecular formula is C17H16INO3. The van der Waals surface area contributed by atoms with E-state index in [9.17, 15) is 9.59 Å². The molecule has 0 aliphatic heterocycles. The molecule has 114 valence electrons. The highest BCUT2D eigenvalue weighted by Crippen LogP contribution is 2.14. The molecule has 0 radical (unpaired) electrons. The summed E-state index contributed by atoms with van der Waals surface area (Å²) in [5.74, 6) is -0.774. The van der Waals surface area contributed by atoms with Crippen molar-refractivity contribution in [2.24, 2.45) is 0 Å². The van der Waals surface area contributed by atoms with Crippen molar-refractivity contribution in [2.75, 3.05) is 11.9 Å². The molecule has 5 heteroatoms. The minimum atomic E-state index is -0.850. The Labute approximate surface area is 143 Å². The minimum Gasteiger partial charge on any atom is -0.449 e. The summed E-state index contributed by atoms with van der Waals surface area (Å²) < 4.78 is 6.28. The number of nitrogens with zero attached hydrogens (tertiary/aromatic N) is 1. The number of carbonyl (C=O) groups excluding carboxylic acids is 2. The molecule has 0 fully saturated rings. The lowest BCUT2D eigenvalue weighted by atomic mass is 10.2. The van der Waals surface area contributed by atoms with Crippen molar-refractivity contribution >= 4 is 40.2 Å². The van der Waals surface area contributed by atoms with Crippen molar-refractivity contribution in [2.45, 2.75) is 13.0 Å². The fourth-order valence-electron chi connectivity index (χ4n) is 1.92. The van der Waals surface area contributed by atoms with Gasteiger partial charge in [0.05, 0.1) is 5.56 Å². The van der Waals surface area contributed by atoms with Crippen LogP contribution >= 0.6 is 22.6 Å². The van der Waals surface area contributed by atoms with E-state index in [2.05, 4.69) is 22.6 Å². The number of likely N-dealkylation sites (N-methyl/N-ethyl adjacent to an activating group) is 1. The summed E-state index contributed by atoms with van der Waals surface area (Å²) in [4.78, 5) is 25.8. The third kappa shape index (κ3) is 4.07. The average Bonchev–Trinajstić information content (AvgIpc) is 2.54. The van der Waals surface area contributed by atoms with Crippen LogP contribution in [-0.4, -0.2) is 25.0 Å². The number of benzene rings is 2. The van der Waals surface area contributed by atoms with Gasteiger partial charge < -0.3 is 9.64 Å². The molecule has 0 saturated heterocycles. The van der Waals surface area contributed by atoms with E-state index in [0.717, 1.165) is 9.26 Å². The Morgan fingerprint density at radius 1 is 1.05 bits per heavy atom. The monoisotopic (exact) mass is 409 g/mol.